The summed E-state index contributed by atoms with van der Waals surface area (Å²) in [5.41, 5.74) is 9.63. The molecule has 2 aromatic rings. The van der Waals surface area contributed by atoms with Crippen molar-refractivity contribution in [3.63, 3.8) is 0 Å². The van der Waals surface area contributed by atoms with Crippen LogP contribution in [0.25, 0.3) is 0 Å². The Labute approximate surface area is 211 Å². The predicted molar refractivity (Wildman–Crippen MR) is 144 cm³/mol. The van der Waals surface area contributed by atoms with E-state index in [1.165, 1.54) is 35.4 Å². The molecule has 0 aromatic heterocycles. The van der Waals surface area contributed by atoms with Gasteiger partial charge in [0.05, 0.1) is 6.04 Å². The first-order chi connectivity index (χ1) is 16.8. The van der Waals surface area contributed by atoms with Gasteiger partial charge >= 0.3 is 0 Å². The van der Waals surface area contributed by atoms with Crippen LogP contribution >= 0.6 is 0 Å². The summed E-state index contributed by atoms with van der Waals surface area (Å²) in [6.45, 7) is 11.1. The second-order valence-corrected chi connectivity index (χ2v) is 10.8. The quantitative estimate of drug-likeness (QED) is 0.385. The van der Waals surface area contributed by atoms with Crippen molar-refractivity contribution in [3.8, 4) is 0 Å². The first-order valence-corrected chi connectivity index (χ1v) is 13.4. The summed E-state index contributed by atoms with van der Waals surface area (Å²) >= 11 is 0. The molecule has 35 heavy (non-hydrogen) atoms. The van der Waals surface area contributed by atoms with Crippen LogP contribution in [0.3, 0.4) is 0 Å². The minimum absolute atomic E-state index is 0.179. The lowest BCUT2D eigenvalue weighted by molar-refractivity contribution is -0.109. The van der Waals surface area contributed by atoms with Crippen LogP contribution in [-0.4, -0.2) is 49.4 Å². The van der Waals surface area contributed by atoms with Gasteiger partial charge in [0.15, 0.2) is 0 Å². The molecule has 1 fully saturated rings. The van der Waals surface area contributed by atoms with Crippen LogP contribution in [0, 0.1) is 17.7 Å². The lowest BCUT2D eigenvalue weighted by Crippen LogP contribution is -2.46. The molecule has 0 saturated carbocycles. The molecule has 5 heteroatoms. The first kappa shape index (κ1) is 27.3. The van der Waals surface area contributed by atoms with E-state index in [0.29, 0.717) is 17.9 Å². The van der Waals surface area contributed by atoms with Gasteiger partial charge in [-0.1, -0.05) is 45.0 Å². The second kappa shape index (κ2) is 13.7. The number of carbonyl (C=O) groups is 1. The number of hydrogen-bond donors (Lipinski definition) is 1. The maximum Gasteiger partial charge on any atom is 0.136 e. The highest BCUT2D eigenvalue weighted by atomic mass is 19.1. The molecule has 0 spiro atoms. The summed E-state index contributed by atoms with van der Waals surface area (Å²) in [5, 5.41) is 0. The topological polar surface area (TPSA) is 49.6 Å². The minimum atomic E-state index is -0.340. The van der Waals surface area contributed by atoms with Crippen molar-refractivity contribution in [2.75, 3.05) is 31.1 Å². The maximum atomic E-state index is 13.1. The van der Waals surface area contributed by atoms with E-state index in [9.17, 15) is 9.18 Å². The molecule has 3 rings (SSSR count). The van der Waals surface area contributed by atoms with Gasteiger partial charge in [-0.3, -0.25) is 0 Å². The Bertz CT molecular complexity index is 875. The SMILES string of the molecule is CC(C)CCN(c1ccc(CCc2ccc(F)cc2)cc1)C1CCN(CC(C)CC(N)C=O)CC1. The Kier molecular flexibility index (Phi) is 10.7. The van der Waals surface area contributed by atoms with Crippen molar-refractivity contribution in [2.24, 2.45) is 17.6 Å². The Balaban J connectivity index is 1.57. The van der Waals surface area contributed by atoms with Gasteiger partial charge in [0, 0.05) is 37.9 Å². The molecule has 0 aliphatic carbocycles. The minimum Gasteiger partial charge on any atom is -0.368 e. The molecule has 192 valence electrons. The predicted octanol–water partition coefficient (Wildman–Crippen LogP) is 5.48. The average Bonchev–Trinajstić information content (AvgIpc) is 2.85. The van der Waals surface area contributed by atoms with Crippen molar-refractivity contribution in [2.45, 2.75) is 71.4 Å². The smallest absolute Gasteiger partial charge is 0.136 e. The van der Waals surface area contributed by atoms with Gasteiger partial charge in [-0.15, -0.1) is 0 Å². The van der Waals surface area contributed by atoms with E-state index in [4.69, 9.17) is 5.73 Å². The van der Waals surface area contributed by atoms with Crippen LogP contribution in [0.5, 0.6) is 0 Å². The van der Waals surface area contributed by atoms with Gasteiger partial charge in [-0.25, -0.2) is 4.39 Å². The average molecular weight is 482 g/mol. The molecule has 1 heterocycles. The lowest BCUT2D eigenvalue weighted by Gasteiger charge is -2.41. The van der Waals surface area contributed by atoms with Crippen molar-refractivity contribution in [1.29, 1.82) is 0 Å². The molecule has 1 aliphatic heterocycles. The molecule has 2 N–H and O–H groups in total. The largest absolute Gasteiger partial charge is 0.368 e. The summed E-state index contributed by atoms with van der Waals surface area (Å²) < 4.78 is 13.1. The lowest BCUT2D eigenvalue weighted by atomic mass is 9.97. The summed E-state index contributed by atoms with van der Waals surface area (Å²) in [6, 6.07) is 16.1. The van der Waals surface area contributed by atoms with Crippen LogP contribution in [0.15, 0.2) is 48.5 Å². The van der Waals surface area contributed by atoms with E-state index in [2.05, 4.69) is 54.8 Å². The molecular formula is C30H44FN3O. The molecule has 2 unspecified atom stereocenters. The number of anilines is 1. The number of aldehydes is 1. The van der Waals surface area contributed by atoms with E-state index >= 15 is 0 Å². The van der Waals surface area contributed by atoms with E-state index in [1.807, 2.05) is 12.1 Å². The normalized spacial score (nSPS) is 16.9. The summed E-state index contributed by atoms with van der Waals surface area (Å²) in [7, 11) is 0. The van der Waals surface area contributed by atoms with E-state index in [0.717, 1.165) is 64.6 Å². The Morgan fingerprint density at radius 3 is 2.11 bits per heavy atom. The summed E-state index contributed by atoms with van der Waals surface area (Å²) in [6.07, 6.45) is 7.02. The Hall–Kier alpha value is -2.24. The van der Waals surface area contributed by atoms with Crippen molar-refractivity contribution in [3.05, 3.63) is 65.5 Å². The zero-order chi connectivity index (χ0) is 25.2. The number of rotatable bonds is 13. The first-order valence-electron chi connectivity index (χ1n) is 13.4. The van der Waals surface area contributed by atoms with Crippen LogP contribution in [-0.2, 0) is 17.6 Å². The number of carbonyl (C=O) groups excluding carboxylic acids is 1. The number of nitrogens with zero attached hydrogens (tertiary/aromatic N) is 2. The van der Waals surface area contributed by atoms with Crippen LogP contribution in [0.2, 0.25) is 0 Å². The number of benzene rings is 2. The summed E-state index contributed by atoms with van der Waals surface area (Å²) in [4.78, 5) is 16.0. The fourth-order valence-electron chi connectivity index (χ4n) is 5.16. The number of nitrogens with two attached hydrogens (primary N) is 1. The van der Waals surface area contributed by atoms with Gasteiger partial charge in [-0.05, 0) is 85.8 Å². The molecule has 0 bridgehead atoms. The number of hydrogen-bond acceptors (Lipinski definition) is 4. The second-order valence-electron chi connectivity index (χ2n) is 10.8. The number of halogens is 1. The fourth-order valence-corrected chi connectivity index (χ4v) is 5.16. The Morgan fingerprint density at radius 1 is 1.00 bits per heavy atom. The molecular weight excluding hydrogens is 437 g/mol. The third kappa shape index (κ3) is 9.05. The number of aryl methyl sites for hydroxylation is 2. The zero-order valence-electron chi connectivity index (χ0n) is 21.8. The summed E-state index contributed by atoms with van der Waals surface area (Å²) in [5.74, 6) is 0.934. The molecule has 1 aliphatic rings. The van der Waals surface area contributed by atoms with Crippen molar-refractivity contribution < 1.29 is 9.18 Å². The van der Waals surface area contributed by atoms with Crippen LogP contribution in [0.1, 0.15) is 57.6 Å². The Morgan fingerprint density at radius 2 is 1.57 bits per heavy atom. The van der Waals surface area contributed by atoms with Gasteiger partial charge in [0.2, 0.25) is 0 Å². The number of piperidine rings is 1. The standard InChI is InChI=1S/C30H44FN3O/c1-23(2)14-19-34(30-15-17-33(18-16-30)21-24(3)20-28(32)22-35)29-12-8-26(9-13-29)5-4-25-6-10-27(31)11-7-25/h6-13,22-24,28,30H,4-5,14-21,32H2,1-3H3. The van der Waals surface area contributed by atoms with E-state index < -0.39 is 0 Å². The van der Waals surface area contributed by atoms with Gasteiger partial charge in [0.1, 0.15) is 12.1 Å². The molecule has 1 saturated heterocycles. The number of likely N-dealkylation sites (tertiary alicyclic amines) is 1. The van der Waals surface area contributed by atoms with Gasteiger partial charge in [-0.2, -0.15) is 0 Å². The molecule has 2 atom stereocenters. The highest BCUT2D eigenvalue weighted by Gasteiger charge is 2.26. The zero-order valence-corrected chi connectivity index (χ0v) is 21.8. The maximum absolute atomic E-state index is 13.1. The van der Waals surface area contributed by atoms with Crippen LogP contribution in [0.4, 0.5) is 10.1 Å². The fraction of sp³-hybridized carbons (Fsp3) is 0.567. The van der Waals surface area contributed by atoms with Crippen molar-refractivity contribution >= 4 is 12.0 Å². The van der Waals surface area contributed by atoms with E-state index in [1.54, 1.807) is 0 Å². The molecule has 0 radical (unpaired) electrons. The highest BCUT2D eigenvalue weighted by Crippen LogP contribution is 2.26. The van der Waals surface area contributed by atoms with Gasteiger partial charge < -0.3 is 20.3 Å². The van der Waals surface area contributed by atoms with Gasteiger partial charge in [0.25, 0.3) is 0 Å². The highest BCUT2D eigenvalue weighted by molar-refractivity contribution is 5.56. The monoisotopic (exact) mass is 481 g/mol. The molecule has 2 aromatic carbocycles. The third-order valence-electron chi connectivity index (χ3n) is 7.25. The molecule has 0 amide bonds. The van der Waals surface area contributed by atoms with E-state index in [-0.39, 0.29) is 11.9 Å². The van der Waals surface area contributed by atoms with Crippen molar-refractivity contribution in [1.82, 2.24) is 4.90 Å². The third-order valence-corrected chi connectivity index (χ3v) is 7.25. The van der Waals surface area contributed by atoms with Crippen LogP contribution < -0.4 is 10.6 Å². The molecule has 4 nitrogen and oxygen atoms in total.